The minimum absolute atomic E-state index is 0.365. The molecule has 4 aromatic carbocycles. The van der Waals surface area contributed by atoms with Crippen molar-refractivity contribution in [2.45, 2.75) is 175 Å². The van der Waals surface area contributed by atoms with Crippen molar-refractivity contribution in [3.8, 4) is 70.9 Å². The molecule has 0 aliphatic rings. The maximum atomic E-state index is 14.1. The van der Waals surface area contributed by atoms with E-state index >= 15 is 0 Å². The van der Waals surface area contributed by atoms with E-state index in [1.54, 1.807) is 72.2 Å². The molecule has 0 atom stereocenters. The molecule has 0 saturated carbocycles. The van der Waals surface area contributed by atoms with Gasteiger partial charge in [-0.3, -0.25) is 0 Å². The van der Waals surface area contributed by atoms with Crippen LogP contribution in [0.15, 0.2) is 103 Å². The predicted molar refractivity (Wildman–Crippen MR) is 319 cm³/mol. The number of hydrogen-bond donors (Lipinski definition) is 0. The normalized spacial score (nSPS) is 11.1. The molecule has 2 heterocycles. The third-order valence-electron chi connectivity index (χ3n) is 13.8. The first kappa shape index (κ1) is 60.4. The van der Waals surface area contributed by atoms with Gasteiger partial charge in [0.2, 0.25) is 5.75 Å². The molecule has 0 bridgehead atoms. The third kappa shape index (κ3) is 20.5. The fraction of sp³-hybridized carbons (Fsp3) is 0.485. The van der Waals surface area contributed by atoms with Crippen LogP contribution in [0.1, 0.15) is 196 Å². The van der Waals surface area contributed by atoms with Gasteiger partial charge in [0, 0.05) is 19.5 Å². The molecule has 77 heavy (non-hydrogen) atoms. The van der Waals surface area contributed by atoms with Crippen LogP contribution in [0.5, 0.6) is 40.2 Å². The largest absolute Gasteiger partial charge is 0.493 e. The van der Waals surface area contributed by atoms with Crippen molar-refractivity contribution in [2.24, 2.45) is 0 Å². The van der Waals surface area contributed by atoms with Gasteiger partial charge in [0.25, 0.3) is 0 Å². The van der Waals surface area contributed by atoms with Crippen molar-refractivity contribution < 1.29 is 42.7 Å². The van der Waals surface area contributed by atoms with Crippen LogP contribution in [0.25, 0.3) is 30.6 Å². The highest BCUT2D eigenvalue weighted by atomic mass is 32.1. The summed E-state index contributed by atoms with van der Waals surface area (Å²) in [7, 11) is 3.08. The van der Waals surface area contributed by atoms with E-state index in [1.807, 2.05) is 36.4 Å². The molecule has 6 aromatic rings. The van der Waals surface area contributed by atoms with Crippen LogP contribution in [0.2, 0.25) is 0 Å². The molecular formula is C66H86O9S2. The number of carbonyl (C=O) groups is 2. The summed E-state index contributed by atoms with van der Waals surface area (Å²) in [4.78, 5) is 31.5. The lowest BCUT2D eigenvalue weighted by Crippen LogP contribution is -2.12. The Hall–Kier alpha value is -5.78. The Morgan fingerprint density at radius 2 is 0.701 bits per heavy atom. The summed E-state index contributed by atoms with van der Waals surface area (Å²) in [6, 6.07) is 32.3. The fourth-order valence-corrected chi connectivity index (χ4v) is 11.3. The van der Waals surface area contributed by atoms with Crippen LogP contribution < -0.4 is 33.2 Å². The SMILES string of the molecule is CCCCCCCCCCOc1cc(C(=O)Oc2ccc(-c3ccc(-c4ccc(-c5ccc(OC(=O)c6ccc(OC)c(OC)c6)cc5)s4)s3)cc2)cc(OCCCCCCCCCC)c1OCCCCCCCCCC. The summed E-state index contributed by atoms with van der Waals surface area (Å²) in [5.41, 5.74) is 2.79. The predicted octanol–water partition coefficient (Wildman–Crippen LogP) is 19.8. The van der Waals surface area contributed by atoms with Gasteiger partial charge in [-0.25, -0.2) is 9.59 Å². The maximum absolute atomic E-state index is 14.1. The van der Waals surface area contributed by atoms with Gasteiger partial charge in [0.15, 0.2) is 23.0 Å². The zero-order chi connectivity index (χ0) is 54.3. The summed E-state index contributed by atoms with van der Waals surface area (Å²) in [6.07, 6.45) is 29.0. The van der Waals surface area contributed by atoms with Gasteiger partial charge in [-0.15, -0.1) is 22.7 Å². The summed E-state index contributed by atoms with van der Waals surface area (Å²) in [6.45, 7) is 8.41. The van der Waals surface area contributed by atoms with Crippen LogP contribution >= 0.6 is 22.7 Å². The number of methoxy groups -OCH3 is 2. The van der Waals surface area contributed by atoms with Gasteiger partial charge >= 0.3 is 11.9 Å². The number of rotatable bonds is 39. The van der Waals surface area contributed by atoms with Gasteiger partial charge in [0.05, 0.1) is 45.2 Å². The van der Waals surface area contributed by atoms with E-state index in [0.29, 0.717) is 71.2 Å². The van der Waals surface area contributed by atoms with Crippen LogP contribution in [0.3, 0.4) is 0 Å². The number of esters is 2. The van der Waals surface area contributed by atoms with E-state index in [1.165, 1.54) is 123 Å². The molecule has 0 aliphatic carbocycles. The molecule has 11 heteroatoms. The third-order valence-corrected chi connectivity index (χ3v) is 16.2. The number of hydrogen-bond acceptors (Lipinski definition) is 11. The maximum Gasteiger partial charge on any atom is 0.343 e. The van der Waals surface area contributed by atoms with E-state index in [9.17, 15) is 9.59 Å². The van der Waals surface area contributed by atoms with Crippen molar-refractivity contribution >= 4 is 34.6 Å². The zero-order valence-corrected chi connectivity index (χ0v) is 48.5. The highest BCUT2D eigenvalue weighted by Gasteiger charge is 2.21. The molecule has 0 unspecified atom stereocenters. The van der Waals surface area contributed by atoms with Gasteiger partial charge in [-0.05, 0) is 134 Å². The standard InChI is InChI=1S/C66H86O9S2/c1-6-9-12-15-18-21-24-27-44-71-58-48-53(49-59(72-45-28-25-22-19-16-13-10-7-2)64(58)73-46-29-26-23-20-17-14-11-8-3)66(68)75-55-37-32-51(33-38-55)61-41-43-63(77-61)62-42-40-60(76-62)50-30-35-54(36-31-50)74-65(67)52-34-39-56(69-4)57(47-52)70-5/h30-43,47-49H,6-29,44-46H2,1-5H3. The first-order chi connectivity index (χ1) is 37.8. The van der Waals surface area contributed by atoms with E-state index in [0.717, 1.165) is 69.2 Å². The fourth-order valence-electron chi connectivity index (χ4n) is 9.22. The van der Waals surface area contributed by atoms with Gasteiger partial charge in [-0.1, -0.05) is 156 Å². The van der Waals surface area contributed by atoms with Crippen molar-refractivity contribution in [3.05, 3.63) is 114 Å². The second-order valence-corrected chi connectivity index (χ2v) is 22.2. The zero-order valence-electron chi connectivity index (χ0n) is 46.9. The smallest absolute Gasteiger partial charge is 0.343 e. The number of unbranched alkanes of at least 4 members (excludes halogenated alkanes) is 21. The Kier molecular flexibility index (Phi) is 27.4. The Bertz CT molecular complexity index is 2570. The van der Waals surface area contributed by atoms with Gasteiger partial charge in [-0.2, -0.15) is 0 Å². The number of ether oxygens (including phenoxy) is 7. The molecule has 0 fully saturated rings. The Morgan fingerprint density at radius 3 is 1.10 bits per heavy atom. The Morgan fingerprint density at radius 1 is 0.351 bits per heavy atom. The topological polar surface area (TPSA) is 98.8 Å². The highest BCUT2D eigenvalue weighted by Crippen LogP contribution is 2.42. The first-order valence-corrected chi connectivity index (χ1v) is 30.6. The van der Waals surface area contributed by atoms with Crippen molar-refractivity contribution in [2.75, 3.05) is 34.0 Å². The van der Waals surface area contributed by atoms with Crippen molar-refractivity contribution in [1.29, 1.82) is 0 Å². The molecule has 0 spiro atoms. The summed E-state index contributed by atoms with van der Waals surface area (Å²) >= 11 is 3.41. The molecule has 6 rings (SSSR count). The van der Waals surface area contributed by atoms with Crippen LogP contribution in [0.4, 0.5) is 0 Å². The lowest BCUT2D eigenvalue weighted by atomic mass is 10.1. The molecular weight excluding hydrogens is 1000 g/mol. The minimum Gasteiger partial charge on any atom is -0.493 e. The van der Waals surface area contributed by atoms with Gasteiger partial charge in [0.1, 0.15) is 11.5 Å². The van der Waals surface area contributed by atoms with Crippen LogP contribution in [-0.4, -0.2) is 46.0 Å². The molecule has 0 aliphatic heterocycles. The Labute approximate surface area is 469 Å². The summed E-state index contributed by atoms with van der Waals surface area (Å²) in [5.74, 6) is 2.61. The number of carbonyl (C=O) groups excluding carboxylic acids is 2. The molecule has 0 N–H and O–H groups in total. The second-order valence-electron chi connectivity index (χ2n) is 20.0. The average molecular weight is 1090 g/mol. The molecule has 9 nitrogen and oxygen atoms in total. The molecule has 416 valence electrons. The lowest BCUT2D eigenvalue weighted by Gasteiger charge is -2.19. The first-order valence-electron chi connectivity index (χ1n) is 29.0. The van der Waals surface area contributed by atoms with Crippen LogP contribution in [-0.2, 0) is 0 Å². The monoisotopic (exact) mass is 1090 g/mol. The highest BCUT2D eigenvalue weighted by molar-refractivity contribution is 7.25. The van der Waals surface area contributed by atoms with E-state index in [2.05, 4.69) is 45.0 Å². The average Bonchev–Trinajstić information content (AvgIpc) is 4.17. The van der Waals surface area contributed by atoms with E-state index < -0.39 is 11.9 Å². The molecule has 0 amide bonds. The minimum atomic E-state index is -0.482. The lowest BCUT2D eigenvalue weighted by molar-refractivity contribution is 0.0724. The molecule has 0 radical (unpaired) electrons. The van der Waals surface area contributed by atoms with E-state index in [4.69, 9.17) is 33.2 Å². The summed E-state index contributed by atoms with van der Waals surface area (Å²) < 4.78 is 42.0. The quantitative estimate of drug-likeness (QED) is 0.0212. The number of benzene rings is 4. The van der Waals surface area contributed by atoms with Crippen LogP contribution in [0, 0.1) is 0 Å². The molecule has 0 saturated heterocycles. The van der Waals surface area contributed by atoms with Gasteiger partial charge < -0.3 is 33.2 Å². The van der Waals surface area contributed by atoms with E-state index in [-0.39, 0.29) is 0 Å². The molecule has 2 aromatic heterocycles. The van der Waals surface area contributed by atoms with Crippen molar-refractivity contribution in [3.63, 3.8) is 0 Å². The Balaban J connectivity index is 1.09. The number of thiophene rings is 2. The second kappa shape index (κ2) is 34.9. The van der Waals surface area contributed by atoms with Crippen molar-refractivity contribution in [1.82, 2.24) is 0 Å². The summed E-state index contributed by atoms with van der Waals surface area (Å²) in [5, 5.41) is 0.